The molecule has 1 atom stereocenters. The molecule has 0 aromatic carbocycles. The molecule has 1 amide bonds. The summed E-state index contributed by atoms with van der Waals surface area (Å²) in [5.41, 5.74) is 8.74. The summed E-state index contributed by atoms with van der Waals surface area (Å²) >= 11 is 0. The molecule has 0 bridgehead atoms. The summed E-state index contributed by atoms with van der Waals surface area (Å²) in [7, 11) is 1.81. The lowest BCUT2D eigenvalue weighted by Crippen LogP contribution is -2.45. The lowest BCUT2D eigenvalue weighted by atomic mass is 9.66. The number of likely N-dealkylation sites (tertiary alicyclic amines) is 1. The molecule has 1 saturated carbocycles. The van der Waals surface area contributed by atoms with E-state index >= 15 is 0 Å². The van der Waals surface area contributed by atoms with E-state index in [0.29, 0.717) is 12.2 Å². The van der Waals surface area contributed by atoms with Crippen LogP contribution in [0.4, 0.5) is 0 Å². The van der Waals surface area contributed by atoms with Crippen LogP contribution in [0.25, 0.3) is 11.3 Å². The number of pyridine rings is 1. The minimum absolute atomic E-state index is 0.0226. The molecule has 2 N–H and O–H groups in total. The second kappa shape index (κ2) is 5.16. The van der Waals surface area contributed by atoms with Gasteiger partial charge in [-0.2, -0.15) is 5.10 Å². The molecule has 6 nitrogen and oxygen atoms in total. The predicted octanol–water partition coefficient (Wildman–Crippen LogP) is 1.44. The molecule has 120 valence electrons. The summed E-state index contributed by atoms with van der Waals surface area (Å²) in [6, 6.07) is 5.76. The summed E-state index contributed by atoms with van der Waals surface area (Å²) in [5.74, 6) is 0.0226. The van der Waals surface area contributed by atoms with Crippen LogP contribution in [0, 0.1) is 5.41 Å². The average Bonchev–Trinajstić information content (AvgIpc) is 3.08. The number of carbonyl (C=O) groups excluding carboxylic acids is 1. The van der Waals surface area contributed by atoms with Crippen LogP contribution < -0.4 is 5.73 Å². The van der Waals surface area contributed by atoms with Crippen LogP contribution in [0.1, 0.15) is 29.8 Å². The first-order valence-electron chi connectivity index (χ1n) is 8.08. The lowest BCUT2D eigenvalue weighted by molar-refractivity contribution is 0.0716. The standard InChI is InChI=1S/C17H21N5O/c1-21-14(8-13(20-21)12-4-2-7-19-9-12)16(23)22-10-15(18)17(11-22)5-3-6-17/h2,4,7-9,15H,3,5-6,10-11,18H2,1H3. The van der Waals surface area contributed by atoms with Gasteiger partial charge in [-0.25, -0.2) is 0 Å². The predicted molar refractivity (Wildman–Crippen MR) is 86.6 cm³/mol. The molecule has 4 rings (SSSR count). The third-order valence-electron chi connectivity index (χ3n) is 5.40. The van der Waals surface area contributed by atoms with Crippen LogP contribution in [0.15, 0.2) is 30.6 Å². The Morgan fingerprint density at radius 3 is 2.87 bits per heavy atom. The SMILES string of the molecule is Cn1nc(-c2cccnc2)cc1C(=O)N1CC(N)C2(CCC2)C1. The van der Waals surface area contributed by atoms with E-state index in [2.05, 4.69) is 10.1 Å². The van der Waals surface area contributed by atoms with Gasteiger partial charge in [0.15, 0.2) is 0 Å². The lowest BCUT2D eigenvalue weighted by Gasteiger charge is -2.41. The summed E-state index contributed by atoms with van der Waals surface area (Å²) in [4.78, 5) is 18.9. The zero-order chi connectivity index (χ0) is 16.0. The largest absolute Gasteiger partial charge is 0.335 e. The normalized spacial score (nSPS) is 22.3. The Kier molecular flexibility index (Phi) is 3.23. The maximum Gasteiger partial charge on any atom is 0.272 e. The van der Waals surface area contributed by atoms with Gasteiger partial charge < -0.3 is 10.6 Å². The smallest absolute Gasteiger partial charge is 0.272 e. The zero-order valence-corrected chi connectivity index (χ0v) is 13.3. The Hall–Kier alpha value is -2.21. The number of aryl methyl sites for hydroxylation is 1. The third kappa shape index (κ3) is 2.25. The van der Waals surface area contributed by atoms with Crippen LogP contribution >= 0.6 is 0 Å². The van der Waals surface area contributed by atoms with E-state index in [1.165, 1.54) is 6.42 Å². The Morgan fingerprint density at radius 2 is 2.26 bits per heavy atom. The number of nitrogens with two attached hydrogens (primary N) is 1. The molecule has 6 heteroatoms. The molecule has 1 saturated heterocycles. The quantitative estimate of drug-likeness (QED) is 0.910. The molecule has 2 fully saturated rings. The van der Waals surface area contributed by atoms with E-state index in [0.717, 1.165) is 30.6 Å². The highest BCUT2D eigenvalue weighted by molar-refractivity contribution is 5.94. The van der Waals surface area contributed by atoms with Crippen LogP contribution in [0.5, 0.6) is 0 Å². The van der Waals surface area contributed by atoms with E-state index in [9.17, 15) is 4.79 Å². The monoisotopic (exact) mass is 311 g/mol. The van der Waals surface area contributed by atoms with Crippen LogP contribution in [-0.2, 0) is 7.05 Å². The molecule has 2 aromatic rings. The van der Waals surface area contributed by atoms with Crippen molar-refractivity contribution in [1.82, 2.24) is 19.7 Å². The van der Waals surface area contributed by atoms with Gasteiger partial charge in [0.2, 0.25) is 0 Å². The minimum Gasteiger partial charge on any atom is -0.335 e. The van der Waals surface area contributed by atoms with E-state index in [1.54, 1.807) is 17.1 Å². The van der Waals surface area contributed by atoms with Gasteiger partial charge in [-0.05, 0) is 31.0 Å². The maximum atomic E-state index is 12.9. The van der Waals surface area contributed by atoms with Gasteiger partial charge in [0.1, 0.15) is 5.69 Å². The van der Waals surface area contributed by atoms with E-state index in [-0.39, 0.29) is 17.4 Å². The van der Waals surface area contributed by atoms with Gasteiger partial charge in [-0.1, -0.05) is 6.42 Å². The fourth-order valence-electron chi connectivity index (χ4n) is 3.79. The molecule has 1 spiro atoms. The Balaban J connectivity index is 1.59. The molecular formula is C17H21N5O. The number of hydrogen-bond donors (Lipinski definition) is 1. The van der Waals surface area contributed by atoms with Gasteiger partial charge in [0, 0.05) is 49.6 Å². The molecule has 23 heavy (non-hydrogen) atoms. The molecule has 3 heterocycles. The second-order valence-corrected chi connectivity index (χ2v) is 6.79. The molecule has 2 aliphatic rings. The van der Waals surface area contributed by atoms with E-state index in [1.807, 2.05) is 30.1 Å². The summed E-state index contributed by atoms with van der Waals surface area (Å²) in [5, 5.41) is 4.46. The van der Waals surface area contributed by atoms with Crippen LogP contribution in [-0.4, -0.2) is 44.7 Å². The average molecular weight is 311 g/mol. The van der Waals surface area contributed by atoms with Crippen LogP contribution in [0.3, 0.4) is 0 Å². The number of carbonyl (C=O) groups is 1. The second-order valence-electron chi connectivity index (χ2n) is 6.79. The van der Waals surface area contributed by atoms with Gasteiger partial charge >= 0.3 is 0 Å². The third-order valence-corrected chi connectivity index (χ3v) is 5.40. The van der Waals surface area contributed by atoms with Gasteiger partial charge in [-0.15, -0.1) is 0 Å². The topological polar surface area (TPSA) is 77.0 Å². The highest BCUT2D eigenvalue weighted by Crippen LogP contribution is 2.47. The fourth-order valence-corrected chi connectivity index (χ4v) is 3.79. The highest BCUT2D eigenvalue weighted by atomic mass is 16.2. The minimum atomic E-state index is 0.0226. The molecule has 0 radical (unpaired) electrons. The van der Waals surface area contributed by atoms with Gasteiger partial charge in [0.25, 0.3) is 5.91 Å². The first-order chi connectivity index (χ1) is 11.1. The Labute approximate surface area is 135 Å². The van der Waals surface area contributed by atoms with Crippen molar-refractivity contribution in [3.8, 4) is 11.3 Å². The summed E-state index contributed by atoms with van der Waals surface area (Å²) < 4.78 is 1.65. The van der Waals surface area contributed by atoms with E-state index < -0.39 is 0 Å². The number of nitrogens with zero attached hydrogens (tertiary/aromatic N) is 4. The summed E-state index contributed by atoms with van der Waals surface area (Å²) in [6.07, 6.45) is 7.00. The van der Waals surface area contributed by atoms with Crippen molar-refractivity contribution in [3.05, 3.63) is 36.3 Å². The molecular weight excluding hydrogens is 290 g/mol. The number of hydrogen-bond acceptors (Lipinski definition) is 4. The Bertz CT molecular complexity index is 735. The molecule has 2 aromatic heterocycles. The van der Waals surface area contributed by atoms with Crippen molar-refractivity contribution < 1.29 is 4.79 Å². The summed E-state index contributed by atoms with van der Waals surface area (Å²) in [6.45, 7) is 1.42. The Morgan fingerprint density at radius 1 is 1.43 bits per heavy atom. The number of amides is 1. The number of aromatic nitrogens is 3. The van der Waals surface area contributed by atoms with Crippen molar-refractivity contribution >= 4 is 5.91 Å². The van der Waals surface area contributed by atoms with Crippen molar-refractivity contribution in [2.45, 2.75) is 25.3 Å². The zero-order valence-electron chi connectivity index (χ0n) is 13.3. The molecule has 1 aliphatic carbocycles. The molecule has 1 aliphatic heterocycles. The first kappa shape index (κ1) is 14.4. The van der Waals surface area contributed by atoms with Crippen molar-refractivity contribution in [2.75, 3.05) is 13.1 Å². The first-order valence-corrected chi connectivity index (χ1v) is 8.08. The van der Waals surface area contributed by atoms with Gasteiger partial charge in [0.05, 0.1) is 5.69 Å². The van der Waals surface area contributed by atoms with Crippen molar-refractivity contribution in [1.29, 1.82) is 0 Å². The van der Waals surface area contributed by atoms with E-state index in [4.69, 9.17) is 5.73 Å². The van der Waals surface area contributed by atoms with Gasteiger partial charge in [-0.3, -0.25) is 14.5 Å². The number of rotatable bonds is 2. The van der Waals surface area contributed by atoms with Crippen LogP contribution in [0.2, 0.25) is 0 Å². The maximum absolute atomic E-state index is 12.9. The van der Waals surface area contributed by atoms with Crippen molar-refractivity contribution in [2.24, 2.45) is 18.2 Å². The molecule has 1 unspecified atom stereocenters. The highest BCUT2D eigenvalue weighted by Gasteiger charge is 2.50. The van der Waals surface area contributed by atoms with Crippen molar-refractivity contribution in [3.63, 3.8) is 0 Å². The fraction of sp³-hybridized carbons (Fsp3) is 0.471.